The minimum Gasteiger partial charge on any atom is -0.493 e. The number of carbonyl (C=O) groups is 2. The Labute approximate surface area is 173 Å². The maximum Gasteiger partial charge on any atom is 0.269 e. The van der Waals surface area contributed by atoms with Gasteiger partial charge < -0.3 is 14.8 Å². The number of amides is 2. The normalized spacial score (nSPS) is 10.5. The maximum absolute atomic E-state index is 12.0. The highest BCUT2D eigenvalue weighted by molar-refractivity contribution is 5.94. The Kier molecular flexibility index (Phi) is 8.30. The molecule has 0 aliphatic carbocycles. The first kappa shape index (κ1) is 22.3. The van der Waals surface area contributed by atoms with Gasteiger partial charge >= 0.3 is 0 Å². The van der Waals surface area contributed by atoms with Gasteiger partial charge in [0.05, 0.1) is 25.4 Å². The van der Waals surface area contributed by atoms with Gasteiger partial charge in [-0.25, -0.2) is 5.43 Å². The van der Waals surface area contributed by atoms with Gasteiger partial charge in [-0.05, 0) is 42.3 Å². The summed E-state index contributed by atoms with van der Waals surface area (Å²) in [6, 6.07) is 10.5. The van der Waals surface area contributed by atoms with E-state index in [0.717, 1.165) is 5.56 Å². The number of nitro groups is 1. The van der Waals surface area contributed by atoms with Gasteiger partial charge in [-0.1, -0.05) is 0 Å². The average molecular weight is 414 g/mol. The lowest BCUT2D eigenvalue weighted by Gasteiger charge is -2.07. The van der Waals surface area contributed by atoms with E-state index in [2.05, 4.69) is 15.8 Å². The smallest absolute Gasteiger partial charge is 0.269 e. The van der Waals surface area contributed by atoms with Crippen LogP contribution in [0.2, 0.25) is 0 Å². The summed E-state index contributed by atoms with van der Waals surface area (Å²) in [6.45, 7) is 0.280. The molecule has 0 heterocycles. The molecule has 10 heteroatoms. The van der Waals surface area contributed by atoms with Gasteiger partial charge in [0, 0.05) is 30.7 Å². The number of ether oxygens (including phenoxy) is 2. The summed E-state index contributed by atoms with van der Waals surface area (Å²) in [5, 5.41) is 17.2. The molecular weight excluding hydrogens is 392 g/mol. The Morgan fingerprint density at radius 1 is 1.10 bits per heavy atom. The lowest BCUT2D eigenvalue weighted by atomic mass is 10.2. The monoisotopic (exact) mass is 414 g/mol. The summed E-state index contributed by atoms with van der Waals surface area (Å²) in [5.74, 6) is 0.485. The van der Waals surface area contributed by atoms with Crippen molar-refractivity contribution in [1.29, 1.82) is 0 Å². The first-order valence-electron chi connectivity index (χ1n) is 9.01. The molecule has 2 N–H and O–H groups in total. The van der Waals surface area contributed by atoms with Crippen LogP contribution in [0.4, 0.5) is 5.69 Å². The molecule has 0 saturated heterocycles. The number of hydrogen-bond acceptors (Lipinski definition) is 7. The van der Waals surface area contributed by atoms with Crippen molar-refractivity contribution in [2.24, 2.45) is 5.10 Å². The van der Waals surface area contributed by atoms with Crippen LogP contribution in [0.5, 0.6) is 11.5 Å². The minimum atomic E-state index is -0.534. The zero-order valence-corrected chi connectivity index (χ0v) is 16.6. The van der Waals surface area contributed by atoms with Crippen LogP contribution in [0.3, 0.4) is 0 Å². The molecule has 0 aliphatic rings. The number of nitrogens with one attached hydrogen (secondary N) is 2. The maximum atomic E-state index is 12.0. The van der Waals surface area contributed by atoms with Crippen molar-refractivity contribution in [2.75, 3.05) is 20.8 Å². The molecule has 0 saturated carbocycles. The fourth-order valence-corrected chi connectivity index (χ4v) is 2.46. The van der Waals surface area contributed by atoms with Gasteiger partial charge in [0.2, 0.25) is 5.91 Å². The summed E-state index contributed by atoms with van der Waals surface area (Å²) in [6.07, 6.45) is 2.07. The first-order chi connectivity index (χ1) is 14.4. The molecule has 0 spiro atoms. The molecule has 2 amide bonds. The predicted molar refractivity (Wildman–Crippen MR) is 110 cm³/mol. The fraction of sp³-hybridized carbons (Fsp3) is 0.250. The first-order valence-corrected chi connectivity index (χ1v) is 9.01. The SMILES string of the molecule is COc1ccc(C=NNC(=O)CCCNC(=O)c2ccc([N+](=O)[O-])cc2)cc1OC. The molecule has 0 radical (unpaired) electrons. The fourth-order valence-electron chi connectivity index (χ4n) is 2.46. The van der Waals surface area contributed by atoms with E-state index >= 15 is 0 Å². The quantitative estimate of drug-likeness (QED) is 0.265. The van der Waals surface area contributed by atoms with E-state index < -0.39 is 4.92 Å². The van der Waals surface area contributed by atoms with Crippen LogP contribution in [0.15, 0.2) is 47.6 Å². The van der Waals surface area contributed by atoms with E-state index in [4.69, 9.17) is 9.47 Å². The molecule has 2 aromatic rings. The summed E-state index contributed by atoms with van der Waals surface area (Å²) in [7, 11) is 3.07. The Bertz CT molecular complexity index is 927. The number of benzene rings is 2. The third-order valence-corrected chi connectivity index (χ3v) is 4.02. The number of nitro benzene ring substituents is 1. The van der Waals surface area contributed by atoms with E-state index in [1.807, 2.05) is 0 Å². The van der Waals surface area contributed by atoms with Crippen molar-refractivity contribution in [3.63, 3.8) is 0 Å². The minimum absolute atomic E-state index is 0.0862. The molecule has 0 atom stereocenters. The molecule has 0 bridgehead atoms. The van der Waals surface area contributed by atoms with Crippen LogP contribution in [-0.2, 0) is 4.79 Å². The summed E-state index contributed by atoms with van der Waals surface area (Å²) in [5.41, 5.74) is 3.36. The lowest BCUT2D eigenvalue weighted by molar-refractivity contribution is -0.384. The van der Waals surface area contributed by atoms with Gasteiger partial charge in [-0.3, -0.25) is 19.7 Å². The van der Waals surface area contributed by atoms with E-state index in [9.17, 15) is 19.7 Å². The number of methoxy groups -OCH3 is 2. The summed E-state index contributed by atoms with van der Waals surface area (Å²) in [4.78, 5) is 33.9. The topological polar surface area (TPSA) is 132 Å². The largest absolute Gasteiger partial charge is 0.493 e. The second-order valence-corrected chi connectivity index (χ2v) is 6.07. The van der Waals surface area contributed by atoms with Crippen LogP contribution in [0.1, 0.15) is 28.8 Å². The van der Waals surface area contributed by atoms with Crippen molar-refractivity contribution in [3.05, 3.63) is 63.7 Å². The van der Waals surface area contributed by atoms with Crippen molar-refractivity contribution < 1.29 is 24.0 Å². The second kappa shape index (κ2) is 11.1. The number of hydrogen-bond donors (Lipinski definition) is 2. The second-order valence-electron chi connectivity index (χ2n) is 6.07. The molecular formula is C20H22N4O6. The van der Waals surface area contributed by atoms with Crippen molar-refractivity contribution >= 4 is 23.7 Å². The molecule has 2 rings (SSSR count). The third kappa shape index (κ3) is 6.59. The number of hydrazone groups is 1. The standard InChI is InChI=1S/C20H22N4O6/c1-29-17-10-5-14(12-18(17)30-2)13-22-23-19(25)4-3-11-21-20(26)15-6-8-16(9-7-15)24(27)28/h5-10,12-13H,3-4,11H2,1-2H3,(H,21,26)(H,23,25). The Morgan fingerprint density at radius 3 is 2.43 bits per heavy atom. The molecule has 0 aromatic heterocycles. The summed E-state index contributed by atoms with van der Waals surface area (Å²) >= 11 is 0. The zero-order valence-electron chi connectivity index (χ0n) is 16.6. The number of rotatable bonds is 10. The molecule has 0 fully saturated rings. The number of nitrogens with zero attached hydrogens (tertiary/aromatic N) is 2. The van der Waals surface area contributed by atoms with Crippen LogP contribution in [0.25, 0.3) is 0 Å². The average Bonchev–Trinajstić information content (AvgIpc) is 2.76. The van der Waals surface area contributed by atoms with Crippen LogP contribution in [-0.4, -0.2) is 43.7 Å². The van der Waals surface area contributed by atoms with E-state index in [1.165, 1.54) is 37.6 Å². The third-order valence-electron chi connectivity index (χ3n) is 4.02. The van der Waals surface area contributed by atoms with Gasteiger partial charge in [0.15, 0.2) is 11.5 Å². The number of carbonyl (C=O) groups excluding carboxylic acids is 2. The highest BCUT2D eigenvalue weighted by Gasteiger charge is 2.09. The molecule has 158 valence electrons. The Hall–Kier alpha value is -3.95. The van der Waals surface area contributed by atoms with Crippen molar-refractivity contribution in [2.45, 2.75) is 12.8 Å². The van der Waals surface area contributed by atoms with E-state index in [1.54, 1.807) is 25.3 Å². The lowest BCUT2D eigenvalue weighted by Crippen LogP contribution is -2.26. The summed E-state index contributed by atoms with van der Waals surface area (Å²) < 4.78 is 10.4. The van der Waals surface area contributed by atoms with Gasteiger partial charge in [0.1, 0.15) is 0 Å². The van der Waals surface area contributed by atoms with Crippen molar-refractivity contribution in [1.82, 2.24) is 10.7 Å². The molecule has 30 heavy (non-hydrogen) atoms. The van der Waals surface area contributed by atoms with Crippen LogP contribution < -0.4 is 20.2 Å². The molecule has 2 aromatic carbocycles. The van der Waals surface area contributed by atoms with Crippen LogP contribution >= 0.6 is 0 Å². The van der Waals surface area contributed by atoms with Crippen LogP contribution in [0, 0.1) is 10.1 Å². The molecule has 0 unspecified atom stereocenters. The van der Waals surface area contributed by atoms with E-state index in [0.29, 0.717) is 23.5 Å². The zero-order chi connectivity index (χ0) is 21.9. The number of non-ortho nitro benzene ring substituents is 1. The van der Waals surface area contributed by atoms with Gasteiger partial charge in [-0.15, -0.1) is 0 Å². The highest BCUT2D eigenvalue weighted by Crippen LogP contribution is 2.26. The van der Waals surface area contributed by atoms with Gasteiger partial charge in [0.25, 0.3) is 11.6 Å². The van der Waals surface area contributed by atoms with Crippen molar-refractivity contribution in [3.8, 4) is 11.5 Å². The Balaban J connectivity index is 1.71. The molecule has 0 aliphatic heterocycles. The Morgan fingerprint density at radius 2 is 1.80 bits per heavy atom. The van der Waals surface area contributed by atoms with E-state index in [-0.39, 0.29) is 30.5 Å². The van der Waals surface area contributed by atoms with Gasteiger partial charge in [-0.2, -0.15) is 5.10 Å². The predicted octanol–water partition coefficient (Wildman–Crippen LogP) is 2.27. The molecule has 10 nitrogen and oxygen atoms in total. The highest BCUT2D eigenvalue weighted by atomic mass is 16.6.